The first-order valence-electron chi connectivity index (χ1n) is 10.3. The molecule has 156 valence electrons. The maximum absolute atomic E-state index is 13.0. The lowest BCUT2D eigenvalue weighted by molar-refractivity contribution is -0.117. The van der Waals surface area contributed by atoms with E-state index >= 15 is 0 Å². The van der Waals surface area contributed by atoms with Gasteiger partial charge in [0.05, 0.1) is 23.8 Å². The maximum atomic E-state index is 13.0. The number of anilines is 1. The van der Waals surface area contributed by atoms with E-state index in [4.69, 9.17) is 21.3 Å². The molecule has 0 N–H and O–H groups in total. The van der Waals surface area contributed by atoms with Crippen molar-refractivity contribution in [2.24, 2.45) is 0 Å². The van der Waals surface area contributed by atoms with Gasteiger partial charge in [-0.05, 0) is 42.0 Å². The summed E-state index contributed by atoms with van der Waals surface area (Å²) in [6.07, 6.45) is 0.419. The van der Waals surface area contributed by atoms with Gasteiger partial charge in [-0.1, -0.05) is 48.0 Å². The molecule has 0 spiro atoms. The SMILES string of the molecule is COc1ccccc1N1C[C@H](c2nc3ccccc3n2Cc2ccc(Cl)cc2)CC1=O. The molecule has 5 nitrogen and oxygen atoms in total. The number of aromatic nitrogens is 2. The van der Waals surface area contributed by atoms with E-state index in [1.54, 1.807) is 7.11 Å². The molecule has 1 amide bonds. The lowest BCUT2D eigenvalue weighted by Crippen LogP contribution is -2.25. The third-order valence-corrected chi connectivity index (χ3v) is 6.06. The number of hydrogen-bond acceptors (Lipinski definition) is 3. The Labute approximate surface area is 185 Å². The Morgan fingerprint density at radius 2 is 1.77 bits per heavy atom. The second kappa shape index (κ2) is 8.08. The quantitative estimate of drug-likeness (QED) is 0.432. The predicted octanol–water partition coefficient (Wildman–Crippen LogP) is 5.27. The largest absolute Gasteiger partial charge is 0.495 e. The van der Waals surface area contributed by atoms with E-state index in [2.05, 4.69) is 10.6 Å². The molecule has 1 aliphatic rings. The maximum Gasteiger partial charge on any atom is 0.227 e. The fourth-order valence-electron chi connectivity index (χ4n) is 4.31. The van der Waals surface area contributed by atoms with Gasteiger partial charge in [-0.15, -0.1) is 0 Å². The molecule has 1 fully saturated rings. The molecule has 3 aromatic carbocycles. The van der Waals surface area contributed by atoms with Crippen molar-refractivity contribution in [3.8, 4) is 5.75 Å². The second-order valence-corrected chi connectivity index (χ2v) is 8.19. The number of hydrogen-bond donors (Lipinski definition) is 0. The van der Waals surface area contributed by atoms with E-state index in [1.807, 2.05) is 71.6 Å². The minimum Gasteiger partial charge on any atom is -0.495 e. The van der Waals surface area contributed by atoms with E-state index in [0.717, 1.165) is 28.1 Å². The van der Waals surface area contributed by atoms with Crippen LogP contribution in [0, 0.1) is 0 Å². The number of carbonyl (C=O) groups excluding carboxylic acids is 1. The summed E-state index contributed by atoms with van der Waals surface area (Å²) in [5.74, 6) is 1.71. The summed E-state index contributed by atoms with van der Waals surface area (Å²) in [4.78, 5) is 19.7. The molecular weight excluding hydrogens is 410 g/mol. The molecular formula is C25H22ClN3O2. The van der Waals surface area contributed by atoms with Crippen molar-refractivity contribution in [2.45, 2.75) is 18.9 Å². The number of carbonyl (C=O) groups is 1. The Kier molecular flexibility index (Phi) is 5.12. The van der Waals surface area contributed by atoms with Gasteiger partial charge in [-0.2, -0.15) is 0 Å². The molecule has 0 radical (unpaired) electrons. The van der Waals surface area contributed by atoms with E-state index < -0.39 is 0 Å². The standard InChI is InChI=1S/C25H22ClN3O2/c1-31-23-9-5-4-8-22(23)28-16-18(14-24(28)30)25-27-20-6-2-3-7-21(20)29(25)15-17-10-12-19(26)13-11-17/h2-13,18H,14-16H2,1H3/t18-/m1/s1. The highest BCUT2D eigenvalue weighted by atomic mass is 35.5. The molecule has 5 rings (SSSR count). The first kappa shape index (κ1) is 19.6. The second-order valence-electron chi connectivity index (χ2n) is 7.75. The zero-order valence-electron chi connectivity index (χ0n) is 17.2. The molecule has 1 atom stereocenters. The van der Waals surface area contributed by atoms with Gasteiger partial charge in [-0.3, -0.25) is 4.79 Å². The third-order valence-electron chi connectivity index (χ3n) is 5.80. The summed E-state index contributed by atoms with van der Waals surface area (Å²) in [5, 5.41) is 0.716. The number of nitrogens with zero attached hydrogens (tertiary/aromatic N) is 3. The van der Waals surface area contributed by atoms with Crippen LogP contribution < -0.4 is 9.64 Å². The van der Waals surface area contributed by atoms with Crippen LogP contribution in [0.15, 0.2) is 72.8 Å². The van der Waals surface area contributed by atoms with Gasteiger partial charge in [0.2, 0.25) is 5.91 Å². The predicted molar refractivity (Wildman–Crippen MR) is 123 cm³/mol. The van der Waals surface area contributed by atoms with E-state index in [9.17, 15) is 4.79 Å². The smallest absolute Gasteiger partial charge is 0.227 e. The highest BCUT2D eigenvalue weighted by Gasteiger charge is 2.35. The first-order chi connectivity index (χ1) is 15.1. The lowest BCUT2D eigenvalue weighted by Gasteiger charge is -2.20. The third kappa shape index (κ3) is 3.66. The van der Waals surface area contributed by atoms with E-state index in [-0.39, 0.29) is 11.8 Å². The topological polar surface area (TPSA) is 47.4 Å². The Morgan fingerprint density at radius 1 is 1.03 bits per heavy atom. The number of ether oxygens (including phenoxy) is 1. The van der Waals surface area contributed by atoms with Crippen molar-refractivity contribution in [3.63, 3.8) is 0 Å². The zero-order chi connectivity index (χ0) is 21.4. The number of imidazole rings is 1. The Morgan fingerprint density at radius 3 is 2.58 bits per heavy atom. The number of benzene rings is 3. The highest BCUT2D eigenvalue weighted by Crippen LogP contribution is 2.37. The number of methoxy groups -OCH3 is 1. The molecule has 31 heavy (non-hydrogen) atoms. The molecule has 4 aromatic rings. The van der Waals surface area contributed by atoms with E-state index in [0.29, 0.717) is 30.3 Å². The molecule has 6 heteroatoms. The highest BCUT2D eigenvalue weighted by molar-refractivity contribution is 6.30. The summed E-state index contributed by atoms with van der Waals surface area (Å²) in [6, 6.07) is 23.6. The van der Waals surface area contributed by atoms with Gasteiger partial charge in [0.1, 0.15) is 11.6 Å². The zero-order valence-corrected chi connectivity index (χ0v) is 17.9. The van der Waals surface area contributed by atoms with Gasteiger partial charge in [0, 0.05) is 30.5 Å². The van der Waals surface area contributed by atoms with Crippen molar-refractivity contribution in [1.29, 1.82) is 0 Å². The number of halogens is 1. The van der Waals surface area contributed by atoms with Crippen LogP contribution in [0.25, 0.3) is 11.0 Å². The minimum atomic E-state index is -0.00267. The van der Waals surface area contributed by atoms with Crippen LogP contribution in [-0.4, -0.2) is 29.1 Å². The fraction of sp³-hybridized carbons (Fsp3) is 0.200. The summed E-state index contributed by atoms with van der Waals surface area (Å²) in [6.45, 7) is 1.25. The monoisotopic (exact) mass is 431 g/mol. The number of fused-ring (bicyclic) bond motifs is 1. The number of amides is 1. The Hall–Kier alpha value is -3.31. The number of para-hydroxylation sites is 4. The average molecular weight is 432 g/mol. The molecule has 1 saturated heterocycles. The van der Waals surface area contributed by atoms with Gasteiger partial charge < -0.3 is 14.2 Å². The summed E-state index contributed by atoms with van der Waals surface area (Å²) >= 11 is 6.07. The van der Waals surface area contributed by atoms with E-state index in [1.165, 1.54) is 0 Å². The number of rotatable bonds is 5. The molecule has 1 aromatic heterocycles. The van der Waals surface area contributed by atoms with Crippen LogP contribution in [0.3, 0.4) is 0 Å². The molecule has 0 aliphatic carbocycles. The van der Waals surface area contributed by atoms with Crippen molar-refractivity contribution in [3.05, 3.63) is 89.2 Å². The van der Waals surface area contributed by atoms with Gasteiger partial charge in [0.15, 0.2) is 0 Å². The summed E-state index contributed by atoms with van der Waals surface area (Å²) in [7, 11) is 1.63. The molecule has 1 aliphatic heterocycles. The molecule has 0 unspecified atom stereocenters. The molecule has 0 bridgehead atoms. The normalized spacial score (nSPS) is 16.3. The van der Waals surface area contributed by atoms with Gasteiger partial charge in [-0.25, -0.2) is 4.98 Å². The first-order valence-corrected chi connectivity index (χ1v) is 10.6. The van der Waals surface area contributed by atoms with Crippen molar-refractivity contribution < 1.29 is 9.53 Å². The van der Waals surface area contributed by atoms with Crippen molar-refractivity contribution in [2.75, 3.05) is 18.6 Å². The summed E-state index contributed by atoms with van der Waals surface area (Å²) < 4.78 is 7.71. The Balaban J connectivity index is 1.53. The van der Waals surface area contributed by atoms with Crippen LogP contribution >= 0.6 is 11.6 Å². The average Bonchev–Trinajstić information content (AvgIpc) is 3.36. The Bertz CT molecular complexity index is 1250. The van der Waals surface area contributed by atoms with Crippen molar-refractivity contribution in [1.82, 2.24) is 9.55 Å². The summed E-state index contributed by atoms with van der Waals surface area (Å²) in [5.41, 5.74) is 3.95. The minimum absolute atomic E-state index is 0.00267. The van der Waals surface area contributed by atoms with Crippen molar-refractivity contribution >= 4 is 34.2 Å². The van der Waals surface area contributed by atoms with Crippen LogP contribution in [0.2, 0.25) is 5.02 Å². The fourth-order valence-corrected chi connectivity index (χ4v) is 4.44. The van der Waals surface area contributed by atoms with Crippen LogP contribution in [0.1, 0.15) is 23.7 Å². The van der Waals surface area contributed by atoms with Crippen LogP contribution in [0.4, 0.5) is 5.69 Å². The van der Waals surface area contributed by atoms with Crippen LogP contribution in [-0.2, 0) is 11.3 Å². The lowest BCUT2D eigenvalue weighted by atomic mass is 10.1. The van der Waals surface area contributed by atoms with Gasteiger partial charge >= 0.3 is 0 Å². The molecule has 2 heterocycles. The molecule has 0 saturated carbocycles. The van der Waals surface area contributed by atoms with Crippen LogP contribution in [0.5, 0.6) is 5.75 Å². The van der Waals surface area contributed by atoms with Gasteiger partial charge in [0.25, 0.3) is 0 Å².